The summed E-state index contributed by atoms with van der Waals surface area (Å²) in [5, 5.41) is 3.33. The number of amides is 1. The van der Waals surface area contributed by atoms with Crippen molar-refractivity contribution in [3.63, 3.8) is 0 Å². The average molecular weight is 374 g/mol. The number of aryl methyl sites for hydroxylation is 1. The summed E-state index contributed by atoms with van der Waals surface area (Å²) < 4.78 is 10.9. The van der Waals surface area contributed by atoms with Crippen LogP contribution in [0.15, 0.2) is 42.5 Å². The van der Waals surface area contributed by atoms with Crippen molar-refractivity contribution < 1.29 is 19.1 Å². The predicted octanol–water partition coefficient (Wildman–Crippen LogP) is 3.77. The molecule has 6 heteroatoms. The van der Waals surface area contributed by atoms with Crippen molar-refractivity contribution in [3.05, 3.63) is 58.6 Å². The molecule has 0 saturated heterocycles. The van der Waals surface area contributed by atoms with Crippen LogP contribution in [0.5, 0.6) is 5.75 Å². The normalized spacial score (nSPS) is 16.8. The molecule has 1 N–H and O–H groups in total. The number of rotatable bonds is 4. The Labute approximate surface area is 157 Å². The minimum atomic E-state index is -0.899. The second-order valence-corrected chi connectivity index (χ2v) is 6.83. The molecule has 0 saturated carbocycles. The third kappa shape index (κ3) is 4.35. The molecule has 5 nitrogen and oxygen atoms in total. The molecule has 2 aromatic rings. The first-order valence-corrected chi connectivity index (χ1v) is 8.79. The maximum atomic E-state index is 12.4. The van der Waals surface area contributed by atoms with E-state index in [1.807, 2.05) is 19.1 Å². The molecule has 0 aliphatic carbocycles. The van der Waals surface area contributed by atoms with Gasteiger partial charge < -0.3 is 14.8 Å². The molecule has 1 aliphatic rings. The maximum Gasteiger partial charge on any atom is 0.313 e. The Hall–Kier alpha value is -2.53. The third-order valence-corrected chi connectivity index (χ3v) is 4.48. The zero-order chi connectivity index (χ0) is 18.7. The number of carbonyl (C=O) groups is 2. The van der Waals surface area contributed by atoms with E-state index < -0.39 is 18.0 Å². The molecular formula is C20H20ClNO4. The molecule has 3 rings (SSSR count). The van der Waals surface area contributed by atoms with E-state index in [1.54, 1.807) is 37.3 Å². The van der Waals surface area contributed by atoms with Crippen LogP contribution in [0.25, 0.3) is 0 Å². The molecule has 2 aromatic carbocycles. The molecule has 136 valence electrons. The van der Waals surface area contributed by atoms with E-state index in [0.29, 0.717) is 17.1 Å². The predicted molar refractivity (Wildman–Crippen MR) is 99.5 cm³/mol. The van der Waals surface area contributed by atoms with E-state index in [9.17, 15) is 9.59 Å². The Morgan fingerprint density at radius 1 is 1.23 bits per heavy atom. The van der Waals surface area contributed by atoms with Crippen molar-refractivity contribution in [2.24, 2.45) is 5.92 Å². The molecule has 0 radical (unpaired) electrons. The van der Waals surface area contributed by atoms with Crippen molar-refractivity contribution >= 4 is 29.2 Å². The lowest BCUT2D eigenvalue weighted by atomic mass is 9.97. The average Bonchev–Trinajstić information content (AvgIpc) is 2.62. The van der Waals surface area contributed by atoms with Gasteiger partial charge in [0.25, 0.3) is 5.91 Å². The molecule has 1 amide bonds. The van der Waals surface area contributed by atoms with Gasteiger partial charge in [0.2, 0.25) is 0 Å². The highest BCUT2D eigenvalue weighted by molar-refractivity contribution is 6.30. The molecule has 1 heterocycles. The van der Waals surface area contributed by atoms with Crippen LogP contribution in [0, 0.1) is 12.8 Å². The molecule has 0 bridgehead atoms. The van der Waals surface area contributed by atoms with Crippen LogP contribution < -0.4 is 10.1 Å². The van der Waals surface area contributed by atoms with Crippen molar-refractivity contribution in [3.8, 4) is 5.75 Å². The maximum absolute atomic E-state index is 12.4. The van der Waals surface area contributed by atoms with E-state index in [4.69, 9.17) is 21.1 Å². The van der Waals surface area contributed by atoms with Crippen molar-refractivity contribution in [2.45, 2.75) is 26.4 Å². The summed E-state index contributed by atoms with van der Waals surface area (Å²) in [6.07, 6.45) is -0.425. The van der Waals surface area contributed by atoms with Crippen molar-refractivity contribution in [2.75, 3.05) is 11.9 Å². The number of hydrogen-bond acceptors (Lipinski definition) is 4. The largest absolute Gasteiger partial charge is 0.492 e. The van der Waals surface area contributed by atoms with Crippen LogP contribution in [-0.2, 0) is 20.7 Å². The van der Waals surface area contributed by atoms with Gasteiger partial charge in [-0.2, -0.15) is 0 Å². The van der Waals surface area contributed by atoms with Gasteiger partial charge >= 0.3 is 5.97 Å². The number of ether oxygens (including phenoxy) is 2. The zero-order valence-corrected chi connectivity index (χ0v) is 15.4. The molecule has 2 atom stereocenters. The fraction of sp³-hybridized carbons (Fsp3) is 0.300. The Kier molecular flexibility index (Phi) is 5.47. The standard InChI is InChI=1S/C20H20ClNO4/c1-12-3-6-17(7-4-12)22-19(23)13(2)26-20(24)15-9-14-10-16(21)5-8-18(14)25-11-15/h3-8,10,13,15H,9,11H2,1-2H3,(H,22,23)/t13-,15+/m0/s1. The summed E-state index contributed by atoms with van der Waals surface area (Å²) in [4.78, 5) is 24.6. The Balaban J connectivity index is 1.57. The number of hydrogen-bond donors (Lipinski definition) is 1. The van der Waals surface area contributed by atoms with Crippen LogP contribution in [0.4, 0.5) is 5.69 Å². The Morgan fingerprint density at radius 2 is 1.96 bits per heavy atom. The first-order chi connectivity index (χ1) is 12.4. The molecule has 0 spiro atoms. The molecule has 0 aromatic heterocycles. The summed E-state index contributed by atoms with van der Waals surface area (Å²) >= 11 is 5.99. The van der Waals surface area contributed by atoms with Crippen LogP contribution >= 0.6 is 11.6 Å². The zero-order valence-electron chi connectivity index (χ0n) is 14.6. The third-order valence-electron chi connectivity index (χ3n) is 4.24. The summed E-state index contributed by atoms with van der Waals surface area (Å²) in [7, 11) is 0. The van der Waals surface area contributed by atoms with Gasteiger partial charge in [0, 0.05) is 10.7 Å². The quantitative estimate of drug-likeness (QED) is 0.828. The number of halogens is 1. The lowest BCUT2D eigenvalue weighted by Gasteiger charge is -2.25. The van der Waals surface area contributed by atoms with Gasteiger partial charge in [-0.25, -0.2) is 0 Å². The van der Waals surface area contributed by atoms with Gasteiger partial charge in [-0.05, 0) is 56.2 Å². The second kappa shape index (κ2) is 7.79. The van der Waals surface area contributed by atoms with Gasteiger partial charge in [-0.3, -0.25) is 9.59 Å². The van der Waals surface area contributed by atoms with Crippen molar-refractivity contribution in [1.29, 1.82) is 0 Å². The summed E-state index contributed by atoms with van der Waals surface area (Å²) in [6, 6.07) is 12.7. The minimum absolute atomic E-state index is 0.222. The molecule has 0 fully saturated rings. The SMILES string of the molecule is Cc1ccc(NC(=O)[C@H](C)OC(=O)[C@H]2COc3ccc(Cl)cc3C2)cc1. The van der Waals surface area contributed by atoms with Crippen molar-refractivity contribution in [1.82, 2.24) is 0 Å². The smallest absolute Gasteiger partial charge is 0.313 e. The summed E-state index contributed by atoms with van der Waals surface area (Å²) in [5.41, 5.74) is 2.62. The van der Waals surface area contributed by atoms with E-state index in [-0.39, 0.29) is 12.5 Å². The minimum Gasteiger partial charge on any atom is -0.492 e. The lowest BCUT2D eigenvalue weighted by Crippen LogP contribution is -2.36. The molecular weight excluding hydrogens is 354 g/mol. The van der Waals surface area contributed by atoms with Gasteiger partial charge in [0.1, 0.15) is 12.4 Å². The van der Waals surface area contributed by atoms with Crippen LogP contribution in [0.3, 0.4) is 0 Å². The number of anilines is 1. The Bertz CT molecular complexity index is 819. The lowest BCUT2D eigenvalue weighted by molar-refractivity contribution is -0.158. The number of fused-ring (bicyclic) bond motifs is 1. The number of esters is 1. The molecule has 1 aliphatic heterocycles. The van der Waals surface area contributed by atoms with Gasteiger partial charge in [-0.15, -0.1) is 0 Å². The highest BCUT2D eigenvalue weighted by Gasteiger charge is 2.30. The highest BCUT2D eigenvalue weighted by atomic mass is 35.5. The summed E-state index contributed by atoms with van der Waals surface area (Å²) in [5.74, 6) is -0.566. The van der Waals surface area contributed by atoms with Gasteiger partial charge in [-0.1, -0.05) is 29.3 Å². The monoisotopic (exact) mass is 373 g/mol. The number of benzene rings is 2. The fourth-order valence-corrected chi connectivity index (χ4v) is 2.91. The topological polar surface area (TPSA) is 64.6 Å². The van der Waals surface area contributed by atoms with E-state index >= 15 is 0 Å². The Morgan fingerprint density at radius 3 is 2.69 bits per heavy atom. The van der Waals surface area contributed by atoms with Crippen LogP contribution in [0.1, 0.15) is 18.1 Å². The second-order valence-electron chi connectivity index (χ2n) is 6.40. The fourth-order valence-electron chi connectivity index (χ4n) is 2.72. The van der Waals surface area contributed by atoms with Crippen LogP contribution in [-0.4, -0.2) is 24.6 Å². The molecule has 26 heavy (non-hydrogen) atoms. The number of carbonyl (C=O) groups excluding carboxylic acids is 2. The van der Waals surface area contributed by atoms with Gasteiger partial charge in [0.05, 0.1) is 5.92 Å². The van der Waals surface area contributed by atoms with Crippen LogP contribution in [0.2, 0.25) is 5.02 Å². The number of nitrogens with one attached hydrogen (secondary N) is 1. The summed E-state index contributed by atoms with van der Waals surface area (Å²) in [6.45, 7) is 3.74. The first-order valence-electron chi connectivity index (χ1n) is 8.41. The highest BCUT2D eigenvalue weighted by Crippen LogP contribution is 2.30. The van der Waals surface area contributed by atoms with E-state index in [2.05, 4.69) is 5.32 Å². The first kappa shape index (κ1) is 18.3. The van der Waals surface area contributed by atoms with E-state index in [0.717, 1.165) is 16.9 Å². The van der Waals surface area contributed by atoms with E-state index in [1.165, 1.54) is 0 Å². The van der Waals surface area contributed by atoms with Gasteiger partial charge in [0.15, 0.2) is 6.10 Å². The molecule has 0 unspecified atom stereocenters.